The van der Waals surface area contributed by atoms with Crippen molar-refractivity contribution in [1.29, 1.82) is 0 Å². The number of rotatable bonds is 6. The third-order valence-electron chi connectivity index (χ3n) is 8.16. The van der Waals surface area contributed by atoms with Gasteiger partial charge in [-0.25, -0.2) is 14.6 Å². The van der Waals surface area contributed by atoms with E-state index >= 15 is 4.79 Å². The van der Waals surface area contributed by atoms with Gasteiger partial charge in [-0.05, 0) is 62.8 Å². The summed E-state index contributed by atoms with van der Waals surface area (Å²) in [7, 11) is 1.57. The predicted octanol–water partition coefficient (Wildman–Crippen LogP) is 5.56. The average molecular weight is 625 g/mol. The summed E-state index contributed by atoms with van der Waals surface area (Å²) < 4.78 is 24.4. The minimum atomic E-state index is -1.56. The highest BCUT2D eigenvalue weighted by molar-refractivity contribution is 7.09. The normalized spacial score (nSPS) is 24.0. The Balaban J connectivity index is 1.76. The zero-order chi connectivity index (χ0) is 31.9. The molecule has 44 heavy (non-hydrogen) atoms. The molecule has 3 atom stereocenters. The van der Waals surface area contributed by atoms with E-state index in [2.05, 4.69) is 30.9 Å². The lowest BCUT2D eigenvalue weighted by Gasteiger charge is -2.40. The van der Waals surface area contributed by atoms with E-state index in [0.29, 0.717) is 22.7 Å². The van der Waals surface area contributed by atoms with Crippen molar-refractivity contribution in [3.05, 3.63) is 64.4 Å². The summed E-state index contributed by atoms with van der Waals surface area (Å²) in [4.78, 5) is 48.2. The number of amides is 1. The van der Waals surface area contributed by atoms with Gasteiger partial charge in [0.1, 0.15) is 23.0 Å². The fourth-order valence-corrected chi connectivity index (χ4v) is 7.20. The molecule has 236 valence electrons. The maximum Gasteiger partial charge on any atom is 0.508 e. The number of thiazole rings is 1. The van der Waals surface area contributed by atoms with E-state index in [1.165, 1.54) is 11.3 Å². The van der Waals surface area contributed by atoms with Crippen molar-refractivity contribution >= 4 is 29.4 Å². The third kappa shape index (κ3) is 5.91. The van der Waals surface area contributed by atoms with Gasteiger partial charge in [0.25, 0.3) is 5.91 Å². The van der Waals surface area contributed by atoms with Crippen LogP contribution in [0.1, 0.15) is 81.4 Å². The molecule has 11 nitrogen and oxygen atoms in total. The Morgan fingerprint density at radius 3 is 2.52 bits per heavy atom. The van der Waals surface area contributed by atoms with E-state index < -0.39 is 40.6 Å². The number of nitrogens with zero attached hydrogens (tertiary/aromatic N) is 4. The molecule has 5 rings (SSSR count). The Hall–Kier alpha value is -3.93. The molecule has 2 fully saturated rings. The van der Waals surface area contributed by atoms with Crippen molar-refractivity contribution in [1.82, 2.24) is 19.7 Å². The molecule has 0 radical (unpaired) electrons. The first-order valence-corrected chi connectivity index (χ1v) is 15.5. The lowest BCUT2D eigenvalue weighted by Crippen LogP contribution is -2.58. The number of benzene rings is 1. The molecule has 0 aliphatic carbocycles. The van der Waals surface area contributed by atoms with Crippen LogP contribution in [0.15, 0.2) is 48.2 Å². The summed E-state index contributed by atoms with van der Waals surface area (Å²) in [5, 5.41) is 6.85. The van der Waals surface area contributed by atoms with E-state index in [-0.39, 0.29) is 31.6 Å². The second kappa shape index (κ2) is 11.5. The van der Waals surface area contributed by atoms with Gasteiger partial charge in [0.15, 0.2) is 5.54 Å². The van der Waals surface area contributed by atoms with Crippen molar-refractivity contribution in [2.24, 2.45) is 5.41 Å². The summed E-state index contributed by atoms with van der Waals surface area (Å²) in [5.41, 5.74) is -2.29. The minimum Gasteiger partial charge on any atom is -0.496 e. The molecule has 3 unspecified atom stereocenters. The summed E-state index contributed by atoms with van der Waals surface area (Å²) in [6, 6.07) is 6.38. The van der Waals surface area contributed by atoms with Crippen LogP contribution in [-0.4, -0.2) is 69.2 Å². The molecule has 1 aromatic carbocycles. The van der Waals surface area contributed by atoms with E-state index in [4.69, 9.17) is 18.9 Å². The van der Waals surface area contributed by atoms with Crippen LogP contribution in [-0.2, 0) is 31.0 Å². The van der Waals surface area contributed by atoms with Crippen LogP contribution in [0.2, 0.25) is 0 Å². The molecular weight excluding hydrogens is 584 g/mol. The topological polar surface area (TPSA) is 122 Å². The molecule has 4 heterocycles. The molecule has 2 aliphatic heterocycles. The number of esters is 1. The molecule has 3 aromatic rings. The number of ether oxygens (including phenoxy) is 4. The smallest absolute Gasteiger partial charge is 0.496 e. The van der Waals surface area contributed by atoms with Crippen molar-refractivity contribution in [3.63, 3.8) is 0 Å². The number of likely N-dealkylation sites (tertiary alicyclic amines) is 1. The molecule has 1 amide bonds. The van der Waals surface area contributed by atoms with Crippen LogP contribution >= 0.6 is 11.3 Å². The van der Waals surface area contributed by atoms with E-state index in [0.717, 1.165) is 5.56 Å². The molecule has 2 aliphatic rings. The maximum atomic E-state index is 15.0. The van der Waals surface area contributed by atoms with Gasteiger partial charge in [-0.1, -0.05) is 26.8 Å². The van der Waals surface area contributed by atoms with Crippen LogP contribution in [0, 0.1) is 5.41 Å². The molecule has 2 aromatic heterocycles. The quantitative estimate of drug-likeness (QED) is 0.325. The molecule has 0 saturated carbocycles. The fraction of sp³-hybridized carbons (Fsp3) is 0.531. The van der Waals surface area contributed by atoms with E-state index in [1.54, 1.807) is 74.3 Å². The molecule has 0 bridgehead atoms. The first-order valence-electron chi connectivity index (χ1n) is 14.6. The van der Waals surface area contributed by atoms with Gasteiger partial charge in [-0.2, -0.15) is 5.10 Å². The number of hydrogen-bond acceptors (Lipinski definition) is 10. The number of carbonyl (C=O) groups excluding carboxylic acids is 3. The van der Waals surface area contributed by atoms with Gasteiger partial charge in [-0.3, -0.25) is 9.48 Å². The summed E-state index contributed by atoms with van der Waals surface area (Å²) in [6.07, 6.45) is 4.70. The first kappa shape index (κ1) is 31.5. The minimum absolute atomic E-state index is 0.0102. The standard InChI is InChI=1S/C32H40N4O7S/c1-29(2,3)22-10-9-21(17-23(22)40-7)26(37)36-24(25-33-13-16-44-25)31(11-15-41-28(39)42-20-31)18-32(36,19-35-14-8-12-34-35)27(38)43-30(4,5)6/h8-10,12-14,16-17,24H,11,15,18-20H2,1-7H3. The third-order valence-corrected chi connectivity index (χ3v) is 8.99. The lowest BCUT2D eigenvalue weighted by atomic mass is 9.74. The van der Waals surface area contributed by atoms with Gasteiger partial charge >= 0.3 is 12.1 Å². The Kier molecular flexibility index (Phi) is 8.25. The zero-order valence-electron chi connectivity index (χ0n) is 26.3. The lowest BCUT2D eigenvalue weighted by molar-refractivity contribution is -0.168. The monoisotopic (exact) mass is 624 g/mol. The predicted molar refractivity (Wildman–Crippen MR) is 162 cm³/mol. The molecule has 0 N–H and O–H groups in total. The maximum absolute atomic E-state index is 15.0. The van der Waals surface area contributed by atoms with Gasteiger partial charge in [0, 0.05) is 34.9 Å². The second-order valence-corrected chi connectivity index (χ2v) is 14.5. The van der Waals surface area contributed by atoms with Crippen LogP contribution in [0.5, 0.6) is 5.75 Å². The Labute approximate surface area is 261 Å². The van der Waals surface area contributed by atoms with Gasteiger partial charge in [0.05, 0.1) is 26.3 Å². The molecule has 1 spiro atoms. The number of aromatic nitrogens is 3. The SMILES string of the molecule is COc1cc(C(=O)N2C(c3nccs3)C3(CCOC(=O)OC3)CC2(Cn2cccn2)C(=O)OC(C)(C)C)ccc1C(C)(C)C. The molecule has 12 heteroatoms. The van der Waals surface area contributed by atoms with E-state index in [9.17, 15) is 9.59 Å². The highest BCUT2D eigenvalue weighted by Gasteiger charge is 2.67. The van der Waals surface area contributed by atoms with Gasteiger partial charge < -0.3 is 23.8 Å². The van der Waals surface area contributed by atoms with E-state index in [1.807, 2.05) is 11.4 Å². The summed E-state index contributed by atoms with van der Waals surface area (Å²) >= 11 is 1.37. The first-order chi connectivity index (χ1) is 20.7. The van der Waals surface area contributed by atoms with Gasteiger partial charge in [-0.15, -0.1) is 11.3 Å². The zero-order valence-corrected chi connectivity index (χ0v) is 27.1. The summed E-state index contributed by atoms with van der Waals surface area (Å²) in [5.74, 6) is -0.424. The van der Waals surface area contributed by atoms with Gasteiger partial charge in [0.2, 0.25) is 0 Å². The molecule has 2 saturated heterocycles. The highest BCUT2D eigenvalue weighted by Crippen LogP contribution is 2.59. The van der Waals surface area contributed by atoms with Crippen molar-refractivity contribution < 1.29 is 33.3 Å². The second-order valence-electron chi connectivity index (χ2n) is 13.5. The van der Waals surface area contributed by atoms with Crippen molar-refractivity contribution in [2.45, 2.75) is 83.5 Å². The molecular formula is C32H40N4O7S. The van der Waals surface area contributed by atoms with Crippen molar-refractivity contribution in [3.8, 4) is 5.75 Å². The Morgan fingerprint density at radius 1 is 1.14 bits per heavy atom. The number of carbonyl (C=O) groups is 3. The Morgan fingerprint density at radius 2 is 1.91 bits per heavy atom. The van der Waals surface area contributed by atoms with Crippen LogP contribution in [0.4, 0.5) is 4.79 Å². The highest BCUT2D eigenvalue weighted by atomic mass is 32.1. The Bertz CT molecular complexity index is 1510. The number of cyclic esters (lactones) is 2. The average Bonchev–Trinajstić information content (AvgIpc) is 3.68. The largest absolute Gasteiger partial charge is 0.508 e. The van der Waals surface area contributed by atoms with Crippen LogP contribution < -0.4 is 4.74 Å². The van der Waals surface area contributed by atoms with Crippen LogP contribution in [0.25, 0.3) is 0 Å². The number of methoxy groups -OCH3 is 1. The fourth-order valence-electron chi connectivity index (χ4n) is 6.33. The van der Waals surface area contributed by atoms with Crippen molar-refractivity contribution in [2.75, 3.05) is 20.3 Å². The summed E-state index contributed by atoms with van der Waals surface area (Å²) in [6.45, 7) is 11.6. The number of hydrogen-bond donors (Lipinski definition) is 0. The van der Waals surface area contributed by atoms with Crippen LogP contribution in [0.3, 0.4) is 0 Å².